The number of para-hydroxylation sites is 1. The second kappa shape index (κ2) is 9.73. The zero-order valence-electron chi connectivity index (χ0n) is 17.1. The maximum atomic E-state index is 12.6. The van der Waals surface area contributed by atoms with Gasteiger partial charge in [0.1, 0.15) is 0 Å². The van der Waals surface area contributed by atoms with Gasteiger partial charge in [-0.3, -0.25) is 9.10 Å². The monoisotopic (exact) mass is 476 g/mol. The maximum absolute atomic E-state index is 12.6. The highest BCUT2D eigenvalue weighted by atomic mass is 35.5. The lowest BCUT2D eigenvalue weighted by Gasteiger charge is -2.24. The van der Waals surface area contributed by atoms with E-state index < -0.39 is 10.0 Å². The Kier molecular flexibility index (Phi) is 7.26. The summed E-state index contributed by atoms with van der Waals surface area (Å²) in [5.41, 5.74) is 3.30. The summed E-state index contributed by atoms with van der Waals surface area (Å²) in [6.07, 6.45) is 1.92. The topological polar surface area (TPSA) is 66.5 Å². The summed E-state index contributed by atoms with van der Waals surface area (Å²) in [5, 5.41) is 3.36. The summed E-state index contributed by atoms with van der Waals surface area (Å²) in [6.45, 7) is 2.08. The van der Waals surface area contributed by atoms with E-state index in [-0.39, 0.29) is 22.5 Å². The van der Waals surface area contributed by atoms with E-state index in [1.807, 2.05) is 31.2 Å². The molecule has 3 rings (SSSR count). The lowest BCUT2D eigenvalue weighted by atomic mass is 10.1. The van der Waals surface area contributed by atoms with E-state index in [4.69, 9.17) is 23.2 Å². The molecule has 0 aromatic heterocycles. The number of halogens is 2. The number of amides is 1. The third-order valence-electron chi connectivity index (χ3n) is 4.79. The van der Waals surface area contributed by atoms with Crippen LogP contribution in [0.5, 0.6) is 0 Å². The van der Waals surface area contributed by atoms with Gasteiger partial charge in [0.25, 0.3) is 5.91 Å². The van der Waals surface area contributed by atoms with Crippen LogP contribution in [0.2, 0.25) is 10.0 Å². The molecule has 0 aliphatic rings. The van der Waals surface area contributed by atoms with E-state index in [0.717, 1.165) is 23.9 Å². The predicted octanol–water partition coefficient (Wildman–Crippen LogP) is 5.77. The zero-order valence-corrected chi connectivity index (χ0v) is 19.4. The molecule has 1 amide bonds. The third-order valence-corrected chi connectivity index (χ3v) is 6.72. The molecule has 0 atom stereocenters. The van der Waals surface area contributed by atoms with Crippen LogP contribution in [0.25, 0.3) is 0 Å². The Morgan fingerprint density at radius 2 is 1.65 bits per heavy atom. The SMILES string of the molecule is CCc1ccccc1NC(=O)c1ccc(CN(c2cccc(Cl)c2Cl)S(C)(=O)=O)cc1. The van der Waals surface area contributed by atoms with Gasteiger partial charge >= 0.3 is 0 Å². The summed E-state index contributed by atoms with van der Waals surface area (Å²) >= 11 is 12.3. The minimum atomic E-state index is -3.62. The predicted molar refractivity (Wildman–Crippen MR) is 128 cm³/mol. The standard InChI is InChI=1S/C23H22Cl2N2O3S/c1-3-17-7-4-5-9-20(17)26-23(28)18-13-11-16(12-14-18)15-27(31(2,29)30)21-10-6-8-19(24)22(21)25/h4-14H,3,15H2,1-2H3,(H,26,28). The van der Waals surface area contributed by atoms with E-state index in [0.29, 0.717) is 16.8 Å². The minimum Gasteiger partial charge on any atom is -0.322 e. The van der Waals surface area contributed by atoms with Crippen molar-refractivity contribution in [2.75, 3.05) is 15.9 Å². The van der Waals surface area contributed by atoms with Crippen molar-refractivity contribution in [2.45, 2.75) is 19.9 Å². The number of rotatable bonds is 7. The highest BCUT2D eigenvalue weighted by Crippen LogP contribution is 2.34. The fourth-order valence-corrected chi connectivity index (χ4v) is 4.48. The molecule has 0 saturated heterocycles. The average Bonchev–Trinajstić information content (AvgIpc) is 2.74. The Morgan fingerprint density at radius 3 is 2.29 bits per heavy atom. The largest absolute Gasteiger partial charge is 0.322 e. The fraction of sp³-hybridized carbons (Fsp3) is 0.174. The number of nitrogens with one attached hydrogen (secondary N) is 1. The number of aryl methyl sites for hydroxylation is 1. The molecule has 0 aliphatic heterocycles. The van der Waals surface area contributed by atoms with Crippen molar-refractivity contribution in [3.8, 4) is 0 Å². The molecule has 0 heterocycles. The summed E-state index contributed by atoms with van der Waals surface area (Å²) in [4.78, 5) is 12.6. The second-order valence-electron chi connectivity index (χ2n) is 7.00. The van der Waals surface area contributed by atoms with Crippen molar-refractivity contribution in [3.63, 3.8) is 0 Å². The van der Waals surface area contributed by atoms with E-state index in [1.54, 1.807) is 42.5 Å². The van der Waals surface area contributed by atoms with Gasteiger partial charge in [0.2, 0.25) is 10.0 Å². The molecule has 3 aromatic carbocycles. The van der Waals surface area contributed by atoms with Crippen LogP contribution in [0.1, 0.15) is 28.4 Å². The van der Waals surface area contributed by atoms with Crippen LogP contribution < -0.4 is 9.62 Å². The highest BCUT2D eigenvalue weighted by molar-refractivity contribution is 7.92. The molecular formula is C23H22Cl2N2O3S. The summed E-state index contributed by atoms with van der Waals surface area (Å²) < 4.78 is 26.0. The highest BCUT2D eigenvalue weighted by Gasteiger charge is 2.21. The number of hydrogen-bond donors (Lipinski definition) is 1. The number of sulfonamides is 1. The van der Waals surface area contributed by atoms with Gasteiger partial charge in [0, 0.05) is 11.3 Å². The molecular weight excluding hydrogens is 455 g/mol. The van der Waals surface area contributed by atoms with Crippen LogP contribution >= 0.6 is 23.2 Å². The molecule has 0 aliphatic carbocycles. The van der Waals surface area contributed by atoms with Crippen LogP contribution in [0.15, 0.2) is 66.7 Å². The molecule has 0 fully saturated rings. The maximum Gasteiger partial charge on any atom is 0.255 e. The normalized spacial score (nSPS) is 11.2. The summed E-state index contributed by atoms with van der Waals surface area (Å²) in [6, 6.07) is 19.3. The smallest absolute Gasteiger partial charge is 0.255 e. The molecule has 3 aromatic rings. The molecule has 0 radical (unpaired) electrons. The molecule has 5 nitrogen and oxygen atoms in total. The molecule has 162 valence electrons. The fourth-order valence-electron chi connectivity index (χ4n) is 3.14. The van der Waals surface area contributed by atoms with E-state index in [2.05, 4.69) is 5.32 Å². The number of carbonyl (C=O) groups excluding carboxylic acids is 1. The zero-order chi connectivity index (χ0) is 22.6. The Bertz CT molecular complexity index is 1200. The number of benzene rings is 3. The first-order valence-corrected chi connectivity index (χ1v) is 12.2. The van der Waals surface area contributed by atoms with Crippen LogP contribution in [0.3, 0.4) is 0 Å². The first kappa shape index (κ1) is 23.1. The quantitative estimate of drug-likeness (QED) is 0.470. The Morgan fingerprint density at radius 1 is 0.968 bits per heavy atom. The molecule has 31 heavy (non-hydrogen) atoms. The summed E-state index contributed by atoms with van der Waals surface area (Å²) in [5.74, 6) is -0.231. The van der Waals surface area contributed by atoms with Gasteiger partial charge in [-0.1, -0.05) is 66.5 Å². The lowest BCUT2D eigenvalue weighted by molar-refractivity contribution is 0.102. The number of anilines is 2. The molecule has 0 saturated carbocycles. The second-order valence-corrected chi connectivity index (χ2v) is 9.70. The molecule has 8 heteroatoms. The van der Waals surface area contributed by atoms with Gasteiger partial charge in [0.15, 0.2) is 0 Å². The first-order chi connectivity index (χ1) is 14.7. The lowest BCUT2D eigenvalue weighted by Crippen LogP contribution is -2.29. The van der Waals surface area contributed by atoms with Crippen molar-refractivity contribution in [1.82, 2.24) is 0 Å². The van der Waals surface area contributed by atoms with Crippen molar-refractivity contribution < 1.29 is 13.2 Å². The van der Waals surface area contributed by atoms with Crippen molar-refractivity contribution in [1.29, 1.82) is 0 Å². The van der Waals surface area contributed by atoms with Gasteiger partial charge in [0.05, 0.1) is 28.5 Å². The Balaban J connectivity index is 1.81. The number of carbonyl (C=O) groups is 1. The van der Waals surface area contributed by atoms with Gasteiger partial charge in [-0.25, -0.2) is 8.42 Å². The van der Waals surface area contributed by atoms with E-state index >= 15 is 0 Å². The minimum absolute atomic E-state index is 0.0550. The van der Waals surface area contributed by atoms with E-state index in [1.165, 1.54) is 4.31 Å². The Hall–Kier alpha value is -2.54. The van der Waals surface area contributed by atoms with Gasteiger partial charge in [-0.15, -0.1) is 0 Å². The number of nitrogens with zero attached hydrogens (tertiary/aromatic N) is 1. The van der Waals surface area contributed by atoms with Gasteiger partial charge < -0.3 is 5.32 Å². The van der Waals surface area contributed by atoms with Crippen molar-refractivity contribution in [2.24, 2.45) is 0 Å². The van der Waals surface area contributed by atoms with Gasteiger partial charge in [-0.05, 0) is 47.9 Å². The van der Waals surface area contributed by atoms with Crippen LogP contribution in [-0.2, 0) is 23.0 Å². The summed E-state index contributed by atoms with van der Waals surface area (Å²) in [7, 11) is -3.62. The molecule has 0 unspecified atom stereocenters. The van der Waals surface area contributed by atoms with Crippen LogP contribution in [0, 0.1) is 0 Å². The molecule has 0 bridgehead atoms. The molecule has 1 N–H and O–H groups in total. The van der Waals surface area contributed by atoms with Gasteiger partial charge in [-0.2, -0.15) is 0 Å². The average molecular weight is 477 g/mol. The number of hydrogen-bond acceptors (Lipinski definition) is 3. The van der Waals surface area contributed by atoms with Crippen LogP contribution in [-0.4, -0.2) is 20.6 Å². The van der Waals surface area contributed by atoms with E-state index in [9.17, 15) is 13.2 Å². The molecule has 0 spiro atoms. The third kappa shape index (κ3) is 5.58. The first-order valence-electron chi connectivity index (χ1n) is 9.60. The van der Waals surface area contributed by atoms with Crippen LogP contribution in [0.4, 0.5) is 11.4 Å². The Labute approximate surface area is 192 Å². The van der Waals surface area contributed by atoms with Crippen molar-refractivity contribution in [3.05, 3.63) is 93.5 Å². The van der Waals surface area contributed by atoms with Crippen molar-refractivity contribution >= 4 is 50.5 Å².